The monoisotopic (exact) mass is 390 g/mol. The highest BCUT2D eigenvalue weighted by Crippen LogP contribution is 2.56. The van der Waals surface area contributed by atoms with Crippen molar-refractivity contribution in [2.75, 3.05) is 0 Å². The maximum Gasteiger partial charge on any atom is 0.302 e. The summed E-state index contributed by atoms with van der Waals surface area (Å²) < 4.78 is 5.48. The zero-order chi connectivity index (χ0) is 21.0. The van der Waals surface area contributed by atoms with Crippen LogP contribution in [0.5, 0.6) is 0 Å². The predicted octanol–water partition coefficient (Wildman–Crippen LogP) is 2.13. The lowest BCUT2D eigenvalue weighted by molar-refractivity contribution is -0.194. The minimum Gasteiger partial charge on any atom is -0.462 e. The van der Waals surface area contributed by atoms with Gasteiger partial charge in [-0.2, -0.15) is 0 Å². The largest absolute Gasteiger partial charge is 0.462 e. The number of ether oxygens (including phenoxy) is 1. The first-order valence-electron chi connectivity index (χ1n) is 9.92. The molecule has 0 aromatic rings. The van der Waals surface area contributed by atoms with Crippen LogP contribution in [0.4, 0.5) is 0 Å². The Labute approximate surface area is 165 Å². The van der Waals surface area contributed by atoms with Gasteiger partial charge >= 0.3 is 5.97 Å². The van der Waals surface area contributed by atoms with Gasteiger partial charge in [-0.25, -0.2) is 0 Å². The van der Waals surface area contributed by atoms with Crippen molar-refractivity contribution in [3.05, 3.63) is 23.8 Å². The normalized spacial score (nSPS) is 40.6. The van der Waals surface area contributed by atoms with E-state index in [2.05, 4.69) is 6.58 Å². The number of hydrogen-bond acceptors (Lipinski definition) is 6. The predicted molar refractivity (Wildman–Crippen MR) is 102 cm³/mol. The Morgan fingerprint density at radius 2 is 1.86 bits per heavy atom. The van der Waals surface area contributed by atoms with Gasteiger partial charge in [0.05, 0.1) is 17.6 Å². The zero-order valence-corrected chi connectivity index (χ0v) is 17.0. The molecule has 6 atom stereocenters. The van der Waals surface area contributed by atoms with Gasteiger partial charge in [-0.15, -0.1) is 0 Å². The number of rotatable bonds is 1. The molecular weight excluding hydrogens is 360 g/mol. The number of aliphatic hydroxyl groups excluding tert-OH is 2. The van der Waals surface area contributed by atoms with E-state index in [0.29, 0.717) is 17.6 Å². The molecule has 2 bridgehead atoms. The number of ketones is 2. The van der Waals surface area contributed by atoms with Crippen molar-refractivity contribution in [3.8, 4) is 0 Å². The van der Waals surface area contributed by atoms with Gasteiger partial charge in [-0.1, -0.05) is 26.5 Å². The van der Waals surface area contributed by atoms with Crippen LogP contribution in [0.3, 0.4) is 0 Å². The molecule has 2 N–H and O–H groups in total. The smallest absolute Gasteiger partial charge is 0.302 e. The van der Waals surface area contributed by atoms with Gasteiger partial charge in [0.25, 0.3) is 0 Å². The van der Waals surface area contributed by atoms with Gasteiger partial charge in [0.15, 0.2) is 5.78 Å². The molecule has 3 aliphatic rings. The van der Waals surface area contributed by atoms with Crippen LogP contribution in [0.2, 0.25) is 0 Å². The molecule has 28 heavy (non-hydrogen) atoms. The molecular formula is C22H30O6. The van der Waals surface area contributed by atoms with Crippen LogP contribution in [0, 0.1) is 22.7 Å². The fraction of sp³-hybridized carbons (Fsp3) is 0.682. The van der Waals surface area contributed by atoms with Crippen LogP contribution in [-0.2, 0) is 19.1 Å². The van der Waals surface area contributed by atoms with E-state index in [0.717, 1.165) is 0 Å². The maximum atomic E-state index is 13.3. The van der Waals surface area contributed by atoms with Crippen LogP contribution in [-0.4, -0.2) is 46.1 Å². The van der Waals surface area contributed by atoms with Crippen LogP contribution < -0.4 is 0 Å². The summed E-state index contributed by atoms with van der Waals surface area (Å²) in [6, 6.07) is 0. The lowest BCUT2D eigenvalue weighted by Gasteiger charge is -2.56. The third-order valence-electron chi connectivity index (χ3n) is 7.37. The molecule has 0 spiro atoms. The molecule has 0 radical (unpaired) electrons. The topological polar surface area (TPSA) is 101 Å². The van der Waals surface area contributed by atoms with E-state index in [9.17, 15) is 24.6 Å². The summed E-state index contributed by atoms with van der Waals surface area (Å²) in [7, 11) is 0. The number of hydrogen-bond donors (Lipinski definition) is 2. The van der Waals surface area contributed by atoms with E-state index in [-0.39, 0.29) is 36.7 Å². The van der Waals surface area contributed by atoms with Crippen LogP contribution in [0.1, 0.15) is 53.4 Å². The highest BCUT2D eigenvalue weighted by molar-refractivity contribution is 6.11. The van der Waals surface area contributed by atoms with Crippen LogP contribution >= 0.6 is 0 Å². The van der Waals surface area contributed by atoms with E-state index in [4.69, 9.17) is 4.74 Å². The Balaban J connectivity index is 2.07. The number of fused-ring (bicyclic) bond motifs is 2. The van der Waals surface area contributed by atoms with Crippen molar-refractivity contribution >= 4 is 17.5 Å². The molecule has 1 saturated carbocycles. The fourth-order valence-corrected chi connectivity index (χ4v) is 5.48. The molecule has 6 nitrogen and oxygen atoms in total. The lowest BCUT2D eigenvalue weighted by Crippen LogP contribution is -2.61. The standard InChI is InChI=1S/C22H30O6/c1-11-13-6-7-17(25)22(5)16(9-15(24)14(8-13)20(11)27)21(3,4)19(10-18(22)26)28-12(2)23/h8,13,15-16,18-19,24,26H,1,6-7,9-10H2,2-5H3/t13-,15-,16-,18+,19+,22-/m1/s1. The van der Waals surface area contributed by atoms with Gasteiger partial charge in [0, 0.05) is 36.7 Å². The summed E-state index contributed by atoms with van der Waals surface area (Å²) >= 11 is 0. The number of carbonyl (C=O) groups excluding carboxylic acids is 3. The number of aliphatic hydroxyl groups is 2. The van der Waals surface area contributed by atoms with E-state index >= 15 is 0 Å². The van der Waals surface area contributed by atoms with Gasteiger partial charge in [-0.05, 0) is 31.3 Å². The molecule has 0 aromatic carbocycles. The van der Waals surface area contributed by atoms with Gasteiger partial charge < -0.3 is 14.9 Å². The molecule has 154 valence electrons. The lowest BCUT2D eigenvalue weighted by atomic mass is 9.50. The summed E-state index contributed by atoms with van der Waals surface area (Å²) in [5.41, 5.74) is -1.03. The second kappa shape index (κ2) is 6.92. The van der Waals surface area contributed by atoms with Crippen LogP contribution in [0.25, 0.3) is 0 Å². The van der Waals surface area contributed by atoms with E-state index in [1.54, 1.807) is 13.0 Å². The Morgan fingerprint density at radius 1 is 1.21 bits per heavy atom. The summed E-state index contributed by atoms with van der Waals surface area (Å²) in [6.07, 6.45) is 0.0306. The first-order chi connectivity index (χ1) is 12.9. The molecule has 3 aliphatic carbocycles. The quantitative estimate of drug-likeness (QED) is 0.525. The zero-order valence-electron chi connectivity index (χ0n) is 17.0. The maximum absolute atomic E-state index is 13.3. The molecule has 0 saturated heterocycles. The Bertz CT molecular complexity index is 763. The van der Waals surface area contributed by atoms with Crippen LogP contribution in [0.15, 0.2) is 23.8 Å². The Hall–Kier alpha value is -1.79. The van der Waals surface area contributed by atoms with E-state index in [1.165, 1.54) is 6.92 Å². The minimum absolute atomic E-state index is 0.0875. The Morgan fingerprint density at radius 3 is 2.46 bits per heavy atom. The Kier molecular flexibility index (Phi) is 5.17. The summed E-state index contributed by atoms with van der Waals surface area (Å²) in [6.45, 7) is 10.7. The van der Waals surface area contributed by atoms with Crippen molar-refractivity contribution in [1.29, 1.82) is 0 Å². The molecule has 0 aromatic heterocycles. The van der Waals surface area contributed by atoms with Gasteiger partial charge in [0.2, 0.25) is 0 Å². The number of allylic oxidation sites excluding steroid dienone is 2. The third kappa shape index (κ3) is 3.07. The second-order valence-corrected chi connectivity index (χ2v) is 9.30. The fourth-order valence-electron chi connectivity index (χ4n) is 5.48. The molecule has 1 fully saturated rings. The van der Waals surface area contributed by atoms with Crippen molar-refractivity contribution in [1.82, 2.24) is 0 Å². The van der Waals surface area contributed by atoms with Crippen molar-refractivity contribution in [2.24, 2.45) is 22.7 Å². The summed E-state index contributed by atoms with van der Waals surface area (Å²) in [5.74, 6) is -1.51. The molecule has 3 rings (SSSR count). The van der Waals surface area contributed by atoms with Crippen molar-refractivity contribution < 1.29 is 29.3 Å². The molecule has 0 aliphatic heterocycles. The highest BCUT2D eigenvalue weighted by Gasteiger charge is 2.60. The summed E-state index contributed by atoms with van der Waals surface area (Å²) in [4.78, 5) is 37.5. The first-order valence-corrected chi connectivity index (χ1v) is 9.92. The van der Waals surface area contributed by atoms with Gasteiger partial charge in [-0.3, -0.25) is 14.4 Å². The number of carbonyl (C=O) groups is 3. The first kappa shape index (κ1) is 20.9. The van der Waals surface area contributed by atoms with Gasteiger partial charge in [0.1, 0.15) is 11.9 Å². The van der Waals surface area contributed by atoms with Crippen molar-refractivity contribution in [3.63, 3.8) is 0 Å². The third-order valence-corrected chi connectivity index (χ3v) is 7.37. The number of esters is 1. The SMILES string of the molecule is C=C1C(=O)C2=C[C@H]1CCC(=O)[C@@]1(C)[C@H](C[C@H]2O)C(C)(C)[C@@H](OC(C)=O)C[C@@H]1O. The second-order valence-electron chi connectivity index (χ2n) is 9.30. The molecule has 0 unspecified atom stereocenters. The average Bonchev–Trinajstić information content (AvgIpc) is 2.88. The molecule has 0 heterocycles. The van der Waals surface area contributed by atoms with E-state index in [1.807, 2.05) is 13.8 Å². The van der Waals surface area contributed by atoms with E-state index < -0.39 is 41.0 Å². The molecule has 6 heteroatoms. The number of Topliss-reactive ketones (excluding diaryl/α,β-unsaturated/α-hetero) is 2. The highest BCUT2D eigenvalue weighted by atomic mass is 16.5. The molecule has 0 amide bonds. The van der Waals surface area contributed by atoms with Crippen molar-refractivity contribution in [2.45, 2.75) is 71.7 Å². The minimum atomic E-state index is -1.09. The average molecular weight is 390 g/mol. The summed E-state index contributed by atoms with van der Waals surface area (Å²) in [5, 5.41) is 21.9.